The molecule has 0 saturated heterocycles. The van der Waals surface area contributed by atoms with Gasteiger partial charge in [0.15, 0.2) is 0 Å². The van der Waals surface area contributed by atoms with Crippen molar-refractivity contribution in [3.05, 3.63) is 76.3 Å². The fraction of sp³-hybridized carbons (Fsp3) is 0.158. The van der Waals surface area contributed by atoms with Gasteiger partial charge in [0.25, 0.3) is 0 Å². The van der Waals surface area contributed by atoms with Crippen molar-refractivity contribution in [3.8, 4) is 0 Å². The van der Waals surface area contributed by atoms with Gasteiger partial charge in [-0.2, -0.15) is 0 Å². The third-order valence-corrected chi connectivity index (χ3v) is 4.22. The lowest BCUT2D eigenvalue weighted by Gasteiger charge is -2.16. The molecule has 0 bridgehead atoms. The Balaban J connectivity index is 1.86. The molecule has 1 nitrogen and oxygen atoms in total. The van der Waals surface area contributed by atoms with Gasteiger partial charge in [-0.15, -0.1) is 0 Å². The van der Waals surface area contributed by atoms with Gasteiger partial charge in [-0.25, -0.2) is 0 Å². The Morgan fingerprint density at radius 2 is 1.67 bits per heavy atom. The number of aryl methyl sites for hydroxylation is 1. The molecule has 3 aromatic carbocycles. The highest BCUT2D eigenvalue weighted by molar-refractivity contribution is 9.10. The molecule has 0 spiro atoms. The molecule has 0 aliphatic rings. The van der Waals surface area contributed by atoms with Crippen molar-refractivity contribution in [1.29, 1.82) is 0 Å². The molecule has 1 unspecified atom stereocenters. The van der Waals surface area contributed by atoms with Crippen LogP contribution in [0.2, 0.25) is 0 Å². The topological polar surface area (TPSA) is 12.0 Å². The summed E-state index contributed by atoms with van der Waals surface area (Å²) < 4.78 is 1.11. The lowest BCUT2D eigenvalue weighted by atomic mass is 10.0. The van der Waals surface area contributed by atoms with Crippen LogP contribution in [0.3, 0.4) is 0 Å². The van der Waals surface area contributed by atoms with Crippen LogP contribution in [0.4, 0.5) is 5.69 Å². The quantitative estimate of drug-likeness (QED) is 0.609. The summed E-state index contributed by atoms with van der Waals surface area (Å²) in [7, 11) is 0. The van der Waals surface area contributed by atoms with Gasteiger partial charge in [-0.3, -0.25) is 0 Å². The van der Waals surface area contributed by atoms with Gasteiger partial charge in [0.2, 0.25) is 0 Å². The third kappa shape index (κ3) is 3.27. The van der Waals surface area contributed by atoms with Crippen molar-refractivity contribution in [2.45, 2.75) is 19.9 Å². The number of fused-ring (bicyclic) bond motifs is 1. The monoisotopic (exact) mass is 339 g/mol. The summed E-state index contributed by atoms with van der Waals surface area (Å²) in [6, 6.07) is 21.8. The second kappa shape index (κ2) is 5.90. The van der Waals surface area contributed by atoms with E-state index in [-0.39, 0.29) is 6.04 Å². The van der Waals surface area contributed by atoms with Crippen molar-refractivity contribution in [2.24, 2.45) is 0 Å². The maximum absolute atomic E-state index is 3.58. The van der Waals surface area contributed by atoms with Crippen molar-refractivity contribution < 1.29 is 0 Å². The summed E-state index contributed by atoms with van der Waals surface area (Å²) in [5.74, 6) is 0. The Morgan fingerprint density at radius 3 is 2.48 bits per heavy atom. The minimum atomic E-state index is 0.290. The fourth-order valence-corrected chi connectivity index (χ4v) is 2.96. The van der Waals surface area contributed by atoms with Gasteiger partial charge >= 0.3 is 0 Å². The van der Waals surface area contributed by atoms with Crippen LogP contribution in [0, 0.1) is 6.92 Å². The van der Waals surface area contributed by atoms with Gasteiger partial charge in [-0.05, 0) is 54.4 Å². The average molecular weight is 340 g/mol. The van der Waals surface area contributed by atoms with E-state index in [1.54, 1.807) is 0 Å². The molecule has 0 amide bonds. The molecule has 1 N–H and O–H groups in total. The third-order valence-electron chi connectivity index (χ3n) is 3.73. The van der Waals surface area contributed by atoms with Crippen LogP contribution in [0.15, 0.2) is 65.1 Å². The lowest BCUT2D eigenvalue weighted by molar-refractivity contribution is 0.883. The first-order valence-corrected chi connectivity index (χ1v) is 7.93. The van der Waals surface area contributed by atoms with Gasteiger partial charge in [0.1, 0.15) is 0 Å². The van der Waals surface area contributed by atoms with Crippen LogP contribution < -0.4 is 5.32 Å². The van der Waals surface area contributed by atoms with Crippen LogP contribution in [-0.4, -0.2) is 0 Å². The SMILES string of the molecule is Cc1cccc(C(C)Nc2ccc3cc(Br)ccc3c2)c1. The first-order valence-electron chi connectivity index (χ1n) is 7.14. The summed E-state index contributed by atoms with van der Waals surface area (Å²) in [4.78, 5) is 0. The van der Waals surface area contributed by atoms with E-state index in [0.29, 0.717) is 0 Å². The van der Waals surface area contributed by atoms with E-state index < -0.39 is 0 Å². The maximum atomic E-state index is 3.58. The molecule has 0 heterocycles. The molecule has 0 aliphatic carbocycles. The molecule has 2 heteroatoms. The predicted molar refractivity (Wildman–Crippen MR) is 94.9 cm³/mol. The number of halogens is 1. The van der Waals surface area contributed by atoms with Crippen LogP contribution >= 0.6 is 15.9 Å². The number of nitrogens with one attached hydrogen (secondary N) is 1. The Hall–Kier alpha value is -1.80. The minimum absolute atomic E-state index is 0.290. The van der Waals surface area contributed by atoms with Gasteiger partial charge in [-0.1, -0.05) is 57.9 Å². The Labute approximate surface area is 134 Å². The smallest absolute Gasteiger partial charge is 0.0485 e. The largest absolute Gasteiger partial charge is 0.379 e. The molecule has 0 radical (unpaired) electrons. The first-order chi connectivity index (χ1) is 10.1. The molecule has 106 valence electrons. The highest BCUT2D eigenvalue weighted by Gasteiger charge is 2.06. The van der Waals surface area contributed by atoms with E-state index in [1.807, 2.05) is 0 Å². The summed E-state index contributed by atoms with van der Waals surface area (Å²) in [5.41, 5.74) is 3.76. The average Bonchev–Trinajstić information content (AvgIpc) is 2.47. The number of hydrogen-bond donors (Lipinski definition) is 1. The Kier molecular flexibility index (Phi) is 3.98. The highest BCUT2D eigenvalue weighted by atomic mass is 79.9. The Bertz CT molecular complexity index is 779. The molecule has 0 saturated carbocycles. The molecular weight excluding hydrogens is 322 g/mol. The van der Waals surface area contributed by atoms with E-state index >= 15 is 0 Å². The van der Waals surface area contributed by atoms with Crippen LogP contribution in [-0.2, 0) is 0 Å². The molecule has 1 atom stereocenters. The standard InChI is InChI=1S/C19H18BrN/c1-13-4-3-5-15(10-13)14(2)21-19-9-7-16-11-18(20)8-6-17(16)12-19/h3-12,14,21H,1-2H3. The van der Waals surface area contributed by atoms with Gasteiger partial charge < -0.3 is 5.32 Å². The molecular formula is C19H18BrN. The predicted octanol–water partition coefficient (Wildman–Crippen LogP) is 6.08. The molecule has 0 aromatic heterocycles. The number of anilines is 1. The molecule has 0 aliphatic heterocycles. The minimum Gasteiger partial charge on any atom is -0.379 e. The summed E-state index contributed by atoms with van der Waals surface area (Å²) in [6.45, 7) is 4.32. The summed E-state index contributed by atoms with van der Waals surface area (Å²) in [6.07, 6.45) is 0. The first kappa shape index (κ1) is 14.2. The molecule has 3 aromatic rings. The van der Waals surface area contributed by atoms with Crippen molar-refractivity contribution in [1.82, 2.24) is 0 Å². The van der Waals surface area contributed by atoms with Crippen LogP contribution in [0.5, 0.6) is 0 Å². The summed E-state index contributed by atoms with van der Waals surface area (Å²) in [5, 5.41) is 6.08. The van der Waals surface area contributed by atoms with Crippen molar-refractivity contribution >= 4 is 32.4 Å². The lowest BCUT2D eigenvalue weighted by Crippen LogP contribution is -2.06. The maximum Gasteiger partial charge on any atom is 0.0485 e. The van der Waals surface area contributed by atoms with Crippen molar-refractivity contribution in [3.63, 3.8) is 0 Å². The highest BCUT2D eigenvalue weighted by Crippen LogP contribution is 2.25. The van der Waals surface area contributed by atoms with Crippen LogP contribution in [0.1, 0.15) is 24.1 Å². The van der Waals surface area contributed by atoms with E-state index in [2.05, 4.69) is 95.8 Å². The van der Waals surface area contributed by atoms with Crippen LogP contribution in [0.25, 0.3) is 10.8 Å². The van der Waals surface area contributed by atoms with Crippen molar-refractivity contribution in [2.75, 3.05) is 5.32 Å². The number of hydrogen-bond acceptors (Lipinski definition) is 1. The molecule has 21 heavy (non-hydrogen) atoms. The number of benzene rings is 3. The second-order valence-corrected chi connectivity index (χ2v) is 6.40. The number of rotatable bonds is 3. The normalized spacial score (nSPS) is 12.3. The van der Waals surface area contributed by atoms with E-state index in [1.165, 1.54) is 21.9 Å². The zero-order chi connectivity index (χ0) is 14.8. The molecule has 0 fully saturated rings. The van der Waals surface area contributed by atoms with Gasteiger partial charge in [0, 0.05) is 16.2 Å². The van der Waals surface area contributed by atoms with E-state index in [9.17, 15) is 0 Å². The fourth-order valence-electron chi connectivity index (χ4n) is 2.58. The molecule has 3 rings (SSSR count). The van der Waals surface area contributed by atoms with E-state index in [0.717, 1.165) is 10.2 Å². The summed E-state index contributed by atoms with van der Waals surface area (Å²) >= 11 is 3.51. The van der Waals surface area contributed by atoms with Gasteiger partial charge in [0.05, 0.1) is 0 Å². The Morgan fingerprint density at radius 1 is 0.905 bits per heavy atom. The second-order valence-electron chi connectivity index (χ2n) is 5.49. The van der Waals surface area contributed by atoms with E-state index in [4.69, 9.17) is 0 Å². The zero-order valence-corrected chi connectivity index (χ0v) is 13.8. The zero-order valence-electron chi connectivity index (χ0n) is 12.2.